The minimum absolute atomic E-state index is 0.167. The van der Waals surface area contributed by atoms with Gasteiger partial charge in [0.2, 0.25) is 0 Å². The van der Waals surface area contributed by atoms with E-state index in [1.54, 1.807) is 0 Å². The summed E-state index contributed by atoms with van der Waals surface area (Å²) >= 11 is 1.30. The fourth-order valence-corrected chi connectivity index (χ4v) is 6.31. The molecule has 0 saturated carbocycles. The molecule has 0 fully saturated rings. The van der Waals surface area contributed by atoms with E-state index in [9.17, 15) is 0 Å². The molecule has 0 aromatic heterocycles. The van der Waals surface area contributed by atoms with Crippen LogP contribution in [0.1, 0.15) is 96.6 Å². The SMILES string of the molecule is CC(C)(C)c1[c-]c2c(cc1)-c1ccc(C(C)(C)C)cc1C2.CC(C)(C)c1cc[c-]cc1.C[Si](C)(C)c1cc[c-]cc1.[C-]1=CC=CC1.[CH2]=[Zr]. The second kappa shape index (κ2) is 18.4. The van der Waals surface area contributed by atoms with E-state index in [0.29, 0.717) is 0 Å². The van der Waals surface area contributed by atoms with Crippen molar-refractivity contribution in [2.45, 2.75) is 111 Å². The molecule has 0 spiro atoms. The van der Waals surface area contributed by atoms with Crippen LogP contribution in [-0.4, -0.2) is 12.3 Å². The van der Waals surface area contributed by atoms with Gasteiger partial charge in [-0.2, -0.15) is 101 Å². The van der Waals surface area contributed by atoms with Crippen molar-refractivity contribution in [3.05, 3.63) is 149 Å². The van der Waals surface area contributed by atoms with Gasteiger partial charge in [0.25, 0.3) is 0 Å². The summed E-state index contributed by atoms with van der Waals surface area (Å²) in [5.41, 5.74) is 10.3. The van der Waals surface area contributed by atoms with Gasteiger partial charge in [-0.15, -0.1) is 17.5 Å². The number of benzene rings is 4. The average Bonchev–Trinajstić information content (AvgIpc) is 3.73. The van der Waals surface area contributed by atoms with Crippen LogP contribution < -0.4 is 5.19 Å². The molecule has 4 aromatic rings. The van der Waals surface area contributed by atoms with Crippen LogP contribution in [0.5, 0.6) is 0 Å². The molecule has 0 atom stereocenters. The van der Waals surface area contributed by atoms with Crippen molar-refractivity contribution in [1.82, 2.24) is 0 Å². The van der Waals surface area contributed by atoms with Crippen molar-refractivity contribution in [1.29, 1.82) is 0 Å². The Morgan fingerprint density at radius 3 is 1.58 bits per heavy atom. The number of allylic oxidation sites excluding steroid dienone is 4. The van der Waals surface area contributed by atoms with E-state index in [2.05, 4.69) is 171 Å². The molecule has 6 rings (SSSR count). The molecule has 0 nitrogen and oxygen atoms in total. The van der Waals surface area contributed by atoms with Crippen LogP contribution in [0.25, 0.3) is 11.1 Å². The Kier molecular flexibility index (Phi) is 15.9. The zero-order valence-corrected chi connectivity index (χ0v) is 35.3. The third kappa shape index (κ3) is 13.3. The predicted octanol–water partition coefficient (Wildman–Crippen LogP) is 11.7. The molecule has 48 heavy (non-hydrogen) atoms. The summed E-state index contributed by atoms with van der Waals surface area (Å²) < 4.78 is 3.34. The second-order valence-corrected chi connectivity index (χ2v) is 21.5. The van der Waals surface area contributed by atoms with E-state index in [0.717, 1.165) is 12.8 Å². The summed E-state index contributed by atoms with van der Waals surface area (Å²) in [6, 6.07) is 37.7. The molecule has 0 heterocycles. The molecule has 0 saturated heterocycles. The average molecular weight is 730 g/mol. The molecule has 0 bridgehead atoms. The van der Waals surface area contributed by atoms with Gasteiger partial charge in [-0.1, -0.05) is 106 Å². The molecule has 2 heteroatoms. The van der Waals surface area contributed by atoms with Gasteiger partial charge in [-0.05, 0) is 33.8 Å². The Morgan fingerprint density at radius 2 is 1.19 bits per heavy atom. The normalized spacial score (nSPS) is 12.8. The third-order valence-electron chi connectivity index (χ3n) is 8.22. The zero-order valence-electron chi connectivity index (χ0n) is 31.9. The molecular formula is C46H58SiZr-4. The van der Waals surface area contributed by atoms with Gasteiger partial charge in [-0.3, -0.25) is 6.08 Å². The summed E-state index contributed by atoms with van der Waals surface area (Å²) in [4.78, 5) is 0. The monoisotopic (exact) mass is 728 g/mol. The Balaban J connectivity index is 0.000000248. The standard InChI is InChI=1S/C21H25.C10H13.C9H13Si.C5H5.CH2.Zr/c1-20(2,3)16-7-9-18-14(12-16)11-15-13-17(21(4,5)6)8-10-19(15)18;2*1-10(2,3)9-7-5-4-6-8-9;1-2-4-5-3-1;;/h7-10,12H,11H2,1-6H3;2*5-8H,1-3H3;1-3H,4H2;1H2;/q4*-1;;. The Hall–Kier alpha value is -2.67. The van der Waals surface area contributed by atoms with Crippen molar-refractivity contribution in [3.8, 4) is 11.1 Å². The number of hydrogen-bond donors (Lipinski definition) is 0. The minimum atomic E-state index is -1.05. The second-order valence-electron chi connectivity index (χ2n) is 16.4. The van der Waals surface area contributed by atoms with Gasteiger partial charge in [-0.25, -0.2) is 12.2 Å². The number of fused-ring (bicyclic) bond motifs is 3. The van der Waals surface area contributed by atoms with Crippen molar-refractivity contribution in [3.63, 3.8) is 0 Å². The Morgan fingerprint density at radius 1 is 0.646 bits per heavy atom. The predicted molar refractivity (Wildman–Crippen MR) is 212 cm³/mol. The van der Waals surface area contributed by atoms with E-state index >= 15 is 0 Å². The fraction of sp³-hybridized carbons (Fsp3) is 0.370. The van der Waals surface area contributed by atoms with Crippen LogP contribution in [0.15, 0.2) is 97.1 Å². The third-order valence-corrected chi connectivity index (χ3v) is 10.3. The van der Waals surface area contributed by atoms with E-state index in [1.807, 2.05) is 36.4 Å². The maximum absolute atomic E-state index is 3.67. The summed E-state index contributed by atoms with van der Waals surface area (Å²) in [6.45, 7) is 27.3. The first-order valence-electron chi connectivity index (χ1n) is 17.1. The molecule has 254 valence electrons. The van der Waals surface area contributed by atoms with Crippen LogP contribution in [0.3, 0.4) is 0 Å². The van der Waals surface area contributed by atoms with Crippen molar-refractivity contribution < 1.29 is 24.2 Å². The van der Waals surface area contributed by atoms with Crippen LogP contribution in [-0.2, 0) is 46.9 Å². The molecule has 2 aliphatic carbocycles. The molecule has 0 N–H and O–H groups in total. The number of rotatable bonds is 1. The van der Waals surface area contributed by atoms with Crippen LogP contribution in [0.4, 0.5) is 0 Å². The van der Waals surface area contributed by atoms with Crippen LogP contribution in [0, 0.1) is 24.3 Å². The van der Waals surface area contributed by atoms with Gasteiger partial charge in [0.05, 0.1) is 8.07 Å². The fourth-order valence-electron chi connectivity index (χ4n) is 5.14. The Labute approximate surface area is 311 Å². The molecule has 4 aromatic carbocycles. The molecule has 0 unspecified atom stereocenters. The molecule has 0 aliphatic heterocycles. The van der Waals surface area contributed by atoms with E-state index in [-0.39, 0.29) is 16.2 Å². The van der Waals surface area contributed by atoms with Crippen molar-refractivity contribution in [2.24, 2.45) is 0 Å². The Bertz CT molecular complexity index is 1480. The van der Waals surface area contributed by atoms with Gasteiger partial charge in [0, 0.05) is 0 Å². The number of hydrogen-bond acceptors (Lipinski definition) is 0. The summed E-state index contributed by atoms with van der Waals surface area (Å²) in [5.74, 6) is 0. The maximum atomic E-state index is 3.67. The first-order valence-corrected chi connectivity index (χ1v) is 22.3. The first kappa shape index (κ1) is 41.5. The summed E-state index contributed by atoms with van der Waals surface area (Å²) in [7, 11) is -1.05. The molecule has 2 aliphatic rings. The topological polar surface area (TPSA) is 0 Å². The molecule has 0 radical (unpaired) electrons. The zero-order chi connectivity index (χ0) is 36.2. The molecular weight excluding hydrogens is 672 g/mol. The van der Waals surface area contributed by atoms with Crippen molar-refractivity contribution >= 4 is 17.5 Å². The van der Waals surface area contributed by atoms with Gasteiger partial charge < -0.3 is 0 Å². The summed E-state index contributed by atoms with van der Waals surface area (Å²) in [5, 5.41) is 1.51. The summed E-state index contributed by atoms with van der Waals surface area (Å²) in [6.07, 6.45) is 11.0. The first-order chi connectivity index (χ1) is 22.4. The van der Waals surface area contributed by atoms with E-state index in [1.165, 1.54) is 68.4 Å². The van der Waals surface area contributed by atoms with E-state index < -0.39 is 8.07 Å². The van der Waals surface area contributed by atoms with Crippen molar-refractivity contribution in [2.75, 3.05) is 0 Å². The quantitative estimate of drug-likeness (QED) is 0.119. The van der Waals surface area contributed by atoms with Gasteiger partial charge >= 0.3 is 28.4 Å². The van der Waals surface area contributed by atoms with Crippen LogP contribution >= 0.6 is 0 Å². The molecule has 0 amide bonds. The van der Waals surface area contributed by atoms with E-state index in [4.69, 9.17) is 0 Å². The van der Waals surface area contributed by atoms with Gasteiger partial charge in [0.1, 0.15) is 0 Å². The van der Waals surface area contributed by atoms with Crippen LogP contribution in [0.2, 0.25) is 19.6 Å². The van der Waals surface area contributed by atoms with Gasteiger partial charge in [0.15, 0.2) is 0 Å².